The van der Waals surface area contributed by atoms with Crippen molar-refractivity contribution in [1.29, 1.82) is 0 Å². The number of nitrogens with zero attached hydrogens (tertiary/aromatic N) is 1. The molecule has 0 aliphatic carbocycles. The third-order valence-corrected chi connectivity index (χ3v) is 2.03. The minimum atomic E-state index is 0.436. The number of aromatic nitrogens is 1. The van der Waals surface area contributed by atoms with Gasteiger partial charge in [0.25, 0.3) is 0 Å². The fourth-order valence-electron chi connectivity index (χ4n) is 1.25. The van der Waals surface area contributed by atoms with Crippen LogP contribution in [0.15, 0.2) is 42.5 Å². The summed E-state index contributed by atoms with van der Waals surface area (Å²) < 4.78 is 10.6. The second kappa shape index (κ2) is 4.53. The molecule has 0 aliphatic rings. The van der Waals surface area contributed by atoms with Gasteiger partial charge in [-0.25, -0.2) is 0 Å². The van der Waals surface area contributed by atoms with Crippen LogP contribution in [0.3, 0.4) is 0 Å². The van der Waals surface area contributed by atoms with Crippen LogP contribution in [0.2, 0.25) is 0 Å². The van der Waals surface area contributed by atoms with Crippen molar-refractivity contribution >= 4 is 5.82 Å². The molecule has 82 valence electrons. The van der Waals surface area contributed by atoms with Crippen LogP contribution in [0.25, 0.3) is 0 Å². The summed E-state index contributed by atoms with van der Waals surface area (Å²) >= 11 is 0. The number of benzene rings is 1. The number of anilines is 1. The zero-order valence-corrected chi connectivity index (χ0v) is 8.88. The van der Waals surface area contributed by atoms with Gasteiger partial charge in [-0.15, -0.1) is 0 Å². The molecule has 0 saturated carbocycles. The third-order valence-electron chi connectivity index (χ3n) is 2.03. The minimum Gasteiger partial charge on any atom is -0.497 e. The summed E-state index contributed by atoms with van der Waals surface area (Å²) in [6, 6.07) is 12.5. The van der Waals surface area contributed by atoms with E-state index in [0.29, 0.717) is 17.4 Å². The summed E-state index contributed by atoms with van der Waals surface area (Å²) in [4.78, 5) is 4.04. The molecule has 1 heterocycles. The van der Waals surface area contributed by atoms with E-state index in [9.17, 15) is 0 Å². The molecule has 0 amide bonds. The second-order valence-electron chi connectivity index (χ2n) is 3.18. The van der Waals surface area contributed by atoms with E-state index < -0.39 is 0 Å². The van der Waals surface area contributed by atoms with E-state index in [4.69, 9.17) is 15.2 Å². The van der Waals surface area contributed by atoms with E-state index in [2.05, 4.69) is 4.98 Å². The number of rotatable bonds is 3. The highest BCUT2D eigenvalue weighted by atomic mass is 16.5. The van der Waals surface area contributed by atoms with E-state index in [-0.39, 0.29) is 0 Å². The topological polar surface area (TPSA) is 57.4 Å². The Hall–Kier alpha value is -2.23. The van der Waals surface area contributed by atoms with Crippen molar-refractivity contribution in [3.05, 3.63) is 42.5 Å². The SMILES string of the molecule is COc1ccc(Oc2cccc(N)n2)cc1. The Morgan fingerprint density at radius 2 is 1.69 bits per heavy atom. The van der Waals surface area contributed by atoms with Crippen LogP contribution >= 0.6 is 0 Å². The number of nitrogens with two attached hydrogens (primary N) is 1. The monoisotopic (exact) mass is 216 g/mol. The van der Waals surface area contributed by atoms with Crippen LogP contribution < -0.4 is 15.2 Å². The molecular weight excluding hydrogens is 204 g/mol. The van der Waals surface area contributed by atoms with Gasteiger partial charge < -0.3 is 15.2 Å². The highest BCUT2D eigenvalue weighted by Gasteiger charge is 1.99. The van der Waals surface area contributed by atoms with Gasteiger partial charge in [0.1, 0.15) is 17.3 Å². The van der Waals surface area contributed by atoms with Crippen molar-refractivity contribution in [2.75, 3.05) is 12.8 Å². The van der Waals surface area contributed by atoms with E-state index in [1.807, 2.05) is 24.3 Å². The maximum Gasteiger partial charge on any atom is 0.221 e. The molecule has 1 aromatic carbocycles. The van der Waals surface area contributed by atoms with Gasteiger partial charge in [-0.2, -0.15) is 4.98 Å². The number of hydrogen-bond acceptors (Lipinski definition) is 4. The summed E-state index contributed by atoms with van der Waals surface area (Å²) in [5.41, 5.74) is 5.55. The fraction of sp³-hybridized carbons (Fsp3) is 0.0833. The molecule has 0 saturated heterocycles. The second-order valence-corrected chi connectivity index (χ2v) is 3.18. The number of nitrogen functional groups attached to an aromatic ring is 1. The number of pyridine rings is 1. The molecule has 0 fully saturated rings. The first-order valence-corrected chi connectivity index (χ1v) is 4.82. The molecule has 0 unspecified atom stereocenters. The molecule has 0 radical (unpaired) electrons. The van der Waals surface area contributed by atoms with Crippen LogP contribution in [0.5, 0.6) is 17.4 Å². The highest BCUT2D eigenvalue weighted by Crippen LogP contribution is 2.22. The normalized spacial score (nSPS) is 9.81. The van der Waals surface area contributed by atoms with Crippen molar-refractivity contribution in [1.82, 2.24) is 4.98 Å². The summed E-state index contributed by atoms with van der Waals surface area (Å²) in [5, 5.41) is 0. The molecule has 2 N–H and O–H groups in total. The standard InChI is InChI=1S/C12H12N2O2/c1-15-9-5-7-10(8-6-9)16-12-4-2-3-11(13)14-12/h2-8H,1H3,(H2,13,14). The Morgan fingerprint density at radius 3 is 2.31 bits per heavy atom. The van der Waals surface area contributed by atoms with E-state index in [0.717, 1.165) is 5.75 Å². The third kappa shape index (κ3) is 2.42. The van der Waals surface area contributed by atoms with Crippen LogP contribution in [-0.4, -0.2) is 12.1 Å². The smallest absolute Gasteiger partial charge is 0.221 e. The van der Waals surface area contributed by atoms with E-state index in [1.165, 1.54) is 0 Å². The molecule has 2 aromatic rings. The predicted octanol–water partition coefficient (Wildman–Crippen LogP) is 2.46. The molecule has 0 atom stereocenters. The Kier molecular flexibility index (Phi) is 2.91. The quantitative estimate of drug-likeness (QED) is 0.856. The number of ether oxygens (including phenoxy) is 2. The van der Waals surface area contributed by atoms with E-state index in [1.54, 1.807) is 25.3 Å². The Labute approximate surface area is 93.6 Å². The van der Waals surface area contributed by atoms with Crippen LogP contribution in [-0.2, 0) is 0 Å². The van der Waals surface area contributed by atoms with Gasteiger partial charge in [-0.1, -0.05) is 6.07 Å². The lowest BCUT2D eigenvalue weighted by Gasteiger charge is -2.05. The lowest BCUT2D eigenvalue weighted by atomic mass is 10.3. The molecule has 1 aromatic heterocycles. The molecule has 16 heavy (non-hydrogen) atoms. The molecule has 0 bridgehead atoms. The molecule has 0 aliphatic heterocycles. The van der Waals surface area contributed by atoms with Gasteiger partial charge in [0.15, 0.2) is 0 Å². The summed E-state index contributed by atoms with van der Waals surface area (Å²) in [6.45, 7) is 0. The maximum absolute atomic E-state index is 5.55. The first-order chi connectivity index (χ1) is 7.78. The largest absolute Gasteiger partial charge is 0.497 e. The number of methoxy groups -OCH3 is 1. The Balaban J connectivity index is 2.14. The minimum absolute atomic E-state index is 0.436. The van der Waals surface area contributed by atoms with Crippen LogP contribution in [0.4, 0.5) is 5.82 Å². The molecule has 4 heteroatoms. The number of hydrogen-bond donors (Lipinski definition) is 1. The Morgan fingerprint density at radius 1 is 1.00 bits per heavy atom. The highest BCUT2D eigenvalue weighted by molar-refractivity contribution is 5.36. The molecular formula is C12H12N2O2. The van der Waals surface area contributed by atoms with Gasteiger partial charge >= 0.3 is 0 Å². The fourth-order valence-corrected chi connectivity index (χ4v) is 1.25. The lowest BCUT2D eigenvalue weighted by Crippen LogP contribution is -1.92. The van der Waals surface area contributed by atoms with Crippen molar-refractivity contribution in [2.45, 2.75) is 0 Å². The molecule has 0 spiro atoms. The molecule has 2 rings (SSSR count). The molecule has 4 nitrogen and oxygen atoms in total. The van der Waals surface area contributed by atoms with Gasteiger partial charge in [0.2, 0.25) is 5.88 Å². The summed E-state index contributed by atoms with van der Waals surface area (Å²) in [5.74, 6) is 2.39. The zero-order chi connectivity index (χ0) is 11.4. The summed E-state index contributed by atoms with van der Waals surface area (Å²) in [7, 11) is 1.62. The maximum atomic E-state index is 5.55. The van der Waals surface area contributed by atoms with Gasteiger partial charge in [-0.05, 0) is 30.3 Å². The van der Waals surface area contributed by atoms with Gasteiger partial charge in [-0.3, -0.25) is 0 Å². The van der Waals surface area contributed by atoms with Gasteiger partial charge in [0, 0.05) is 6.07 Å². The van der Waals surface area contributed by atoms with Crippen LogP contribution in [0.1, 0.15) is 0 Å². The summed E-state index contributed by atoms with van der Waals surface area (Å²) in [6.07, 6.45) is 0. The first-order valence-electron chi connectivity index (χ1n) is 4.82. The lowest BCUT2D eigenvalue weighted by molar-refractivity contribution is 0.412. The average Bonchev–Trinajstić information content (AvgIpc) is 2.30. The first kappa shape index (κ1) is 10.3. The Bertz CT molecular complexity index is 469. The van der Waals surface area contributed by atoms with Crippen LogP contribution in [0, 0.1) is 0 Å². The predicted molar refractivity (Wildman–Crippen MR) is 61.7 cm³/mol. The van der Waals surface area contributed by atoms with Crippen molar-refractivity contribution in [3.8, 4) is 17.4 Å². The van der Waals surface area contributed by atoms with Crippen molar-refractivity contribution < 1.29 is 9.47 Å². The van der Waals surface area contributed by atoms with Gasteiger partial charge in [0.05, 0.1) is 7.11 Å². The van der Waals surface area contributed by atoms with E-state index >= 15 is 0 Å². The average molecular weight is 216 g/mol. The van der Waals surface area contributed by atoms with Crippen molar-refractivity contribution in [3.63, 3.8) is 0 Å². The zero-order valence-electron chi connectivity index (χ0n) is 8.88. The van der Waals surface area contributed by atoms with Crippen molar-refractivity contribution in [2.24, 2.45) is 0 Å².